The minimum absolute atomic E-state index is 0.306. The number of nitrogens with two attached hydrogens (primary N) is 1. The number of unbranched alkanes of at least 4 members (excludes halogenated alkanes) is 5. The predicted molar refractivity (Wildman–Crippen MR) is 83.1 cm³/mol. The molecule has 116 valence electrons. The molecule has 0 bridgehead atoms. The van der Waals surface area contributed by atoms with Crippen LogP contribution in [-0.2, 0) is 13.0 Å². The number of hydrogen-bond donors (Lipinski definition) is 2. The molecule has 3 N–H and O–H groups in total. The second-order valence-electron chi connectivity index (χ2n) is 5.52. The second kappa shape index (κ2) is 10.8. The van der Waals surface area contributed by atoms with E-state index < -0.39 is 0 Å². The van der Waals surface area contributed by atoms with Crippen molar-refractivity contribution in [2.24, 2.45) is 5.84 Å². The third-order valence-electron chi connectivity index (χ3n) is 3.70. The number of nitrogens with one attached hydrogen (secondary N) is 1. The van der Waals surface area contributed by atoms with Crippen LogP contribution in [0.25, 0.3) is 0 Å². The van der Waals surface area contributed by atoms with Gasteiger partial charge in [0.25, 0.3) is 0 Å². The molecule has 0 saturated carbocycles. The van der Waals surface area contributed by atoms with E-state index in [1.807, 2.05) is 4.68 Å². The summed E-state index contributed by atoms with van der Waals surface area (Å²) in [7, 11) is 0. The Hall–Kier alpha value is -0.940. The molecule has 0 amide bonds. The van der Waals surface area contributed by atoms with E-state index in [0.29, 0.717) is 6.04 Å². The summed E-state index contributed by atoms with van der Waals surface area (Å²) in [5.41, 5.74) is 2.93. The lowest BCUT2D eigenvalue weighted by Crippen LogP contribution is -2.37. The Bertz CT molecular complexity index is 337. The van der Waals surface area contributed by atoms with Crippen molar-refractivity contribution in [2.45, 2.75) is 84.2 Å². The highest BCUT2D eigenvalue weighted by molar-refractivity contribution is 4.89. The molecule has 5 nitrogen and oxygen atoms in total. The van der Waals surface area contributed by atoms with Crippen LogP contribution < -0.4 is 11.3 Å². The third-order valence-corrected chi connectivity index (χ3v) is 3.70. The van der Waals surface area contributed by atoms with Crippen molar-refractivity contribution in [3.63, 3.8) is 0 Å². The number of rotatable bonds is 12. The molecule has 1 unspecified atom stereocenters. The molecule has 1 aromatic heterocycles. The minimum Gasteiger partial charge on any atom is -0.271 e. The van der Waals surface area contributed by atoms with Gasteiger partial charge in [-0.3, -0.25) is 16.0 Å². The average molecular weight is 281 g/mol. The Balaban J connectivity index is 2.26. The summed E-state index contributed by atoms with van der Waals surface area (Å²) in [5, 5.41) is 4.26. The van der Waals surface area contributed by atoms with Gasteiger partial charge in [-0.25, -0.2) is 4.98 Å². The number of aromatic nitrogens is 3. The van der Waals surface area contributed by atoms with Gasteiger partial charge in [-0.15, -0.1) is 0 Å². The van der Waals surface area contributed by atoms with E-state index in [2.05, 4.69) is 29.4 Å². The first-order valence-corrected chi connectivity index (χ1v) is 8.14. The van der Waals surface area contributed by atoms with Gasteiger partial charge in [-0.2, -0.15) is 5.10 Å². The van der Waals surface area contributed by atoms with Gasteiger partial charge in [-0.1, -0.05) is 52.4 Å². The molecule has 0 spiro atoms. The highest BCUT2D eigenvalue weighted by Gasteiger charge is 2.12. The lowest BCUT2D eigenvalue weighted by atomic mass is 10.0. The summed E-state index contributed by atoms with van der Waals surface area (Å²) in [6.07, 6.45) is 12.6. The third kappa shape index (κ3) is 6.48. The van der Waals surface area contributed by atoms with Crippen LogP contribution in [0.3, 0.4) is 0 Å². The van der Waals surface area contributed by atoms with Gasteiger partial charge in [0.05, 0.1) is 0 Å². The maximum atomic E-state index is 5.67. The van der Waals surface area contributed by atoms with Crippen LogP contribution >= 0.6 is 0 Å². The monoisotopic (exact) mass is 281 g/mol. The fourth-order valence-electron chi connectivity index (χ4n) is 2.48. The highest BCUT2D eigenvalue weighted by Crippen LogP contribution is 2.11. The van der Waals surface area contributed by atoms with Crippen LogP contribution in [0, 0.1) is 0 Å². The Labute approximate surface area is 123 Å². The number of aryl methyl sites for hydroxylation is 1. The summed E-state index contributed by atoms with van der Waals surface area (Å²) < 4.78 is 1.99. The van der Waals surface area contributed by atoms with Crippen molar-refractivity contribution in [3.05, 3.63) is 12.2 Å². The number of hydrogen-bond acceptors (Lipinski definition) is 4. The molecule has 1 aromatic rings. The molecule has 5 heteroatoms. The van der Waals surface area contributed by atoms with Crippen LogP contribution in [0.1, 0.15) is 71.0 Å². The Morgan fingerprint density at radius 3 is 2.60 bits per heavy atom. The number of hydrazine groups is 1. The lowest BCUT2D eigenvalue weighted by Gasteiger charge is -2.15. The van der Waals surface area contributed by atoms with Gasteiger partial charge in [0.2, 0.25) is 0 Å². The van der Waals surface area contributed by atoms with Crippen molar-refractivity contribution in [2.75, 3.05) is 0 Å². The molecule has 1 atom stereocenters. The first-order chi connectivity index (χ1) is 9.81. The number of nitrogens with zero attached hydrogens (tertiary/aromatic N) is 3. The second-order valence-corrected chi connectivity index (χ2v) is 5.52. The van der Waals surface area contributed by atoms with Gasteiger partial charge in [0.15, 0.2) is 0 Å². The summed E-state index contributed by atoms with van der Waals surface area (Å²) in [6, 6.07) is 0.306. The van der Waals surface area contributed by atoms with Crippen LogP contribution in [0.2, 0.25) is 0 Å². The van der Waals surface area contributed by atoms with Crippen LogP contribution in [0.4, 0.5) is 0 Å². The maximum Gasteiger partial charge on any atom is 0.138 e. The van der Waals surface area contributed by atoms with E-state index in [9.17, 15) is 0 Å². The Morgan fingerprint density at radius 1 is 1.15 bits per heavy atom. The smallest absolute Gasteiger partial charge is 0.138 e. The van der Waals surface area contributed by atoms with E-state index in [0.717, 1.165) is 31.6 Å². The van der Waals surface area contributed by atoms with Crippen molar-refractivity contribution < 1.29 is 0 Å². The van der Waals surface area contributed by atoms with Gasteiger partial charge < -0.3 is 0 Å². The summed E-state index contributed by atoms with van der Waals surface area (Å²) >= 11 is 0. The van der Waals surface area contributed by atoms with Crippen molar-refractivity contribution in [1.29, 1.82) is 0 Å². The van der Waals surface area contributed by atoms with Crippen LogP contribution in [0.15, 0.2) is 6.33 Å². The zero-order valence-corrected chi connectivity index (χ0v) is 13.1. The molecule has 0 aliphatic carbocycles. The van der Waals surface area contributed by atoms with E-state index in [4.69, 9.17) is 5.84 Å². The van der Waals surface area contributed by atoms with Gasteiger partial charge >= 0.3 is 0 Å². The van der Waals surface area contributed by atoms with E-state index in [-0.39, 0.29) is 0 Å². The molecule has 0 fully saturated rings. The average Bonchev–Trinajstić information content (AvgIpc) is 2.89. The summed E-state index contributed by atoms with van der Waals surface area (Å²) in [6.45, 7) is 5.34. The van der Waals surface area contributed by atoms with Crippen molar-refractivity contribution in [1.82, 2.24) is 20.2 Å². The molecular formula is C15H31N5. The first kappa shape index (κ1) is 17.1. The molecule has 1 rings (SSSR count). The first-order valence-electron chi connectivity index (χ1n) is 8.14. The van der Waals surface area contributed by atoms with Gasteiger partial charge in [0, 0.05) is 19.0 Å². The molecule has 0 aliphatic rings. The van der Waals surface area contributed by atoms with Gasteiger partial charge in [0.1, 0.15) is 12.2 Å². The SMILES string of the molecule is CCCCCCCCC(Cc1ncnn1CCC)NN. The van der Waals surface area contributed by atoms with Crippen LogP contribution in [0.5, 0.6) is 0 Å². The zero-order valence-electron chi connectivity index (χ0n) is 13.1. The topological polar surface area (TPSA) is 68.8 Å². The Morgan fingerprint density at radius 2 is 1.90 bits per heavy atom. The molecule has 0 radical (unpaired) electrons. The van der Waals surface area contributed by atoms with E-state index in [1.54, 1.807) is 6.33 Å². The maximum absolute atomic E-state index is 5.67. The molecular weight excluding hydrogens is 250 g/mol. The minimum atomic E-state index is 0.306. The van der Waals surface area contributed by atoms with Crippen molar-refractivity contribution in [3.8, 4) is 0 Å². The summed E-state index contributed by atoms with van der Waals surface area (Å²) in [4.78, 5) is 4.35. The van der Waals surface area contributed by atoms with E-state index in [1.165, 1.54) is 38.5 Å². The fourth-order valence-corrected chi connectivity index (χ4v) is 2.48. The van der Waals surface area contributed by atoms with Crippen LogP contribution in [-0.4, -0.2) is 20.8 Å². The molecule has 20 heavy (non-hydrogen) atoms. The lowest BCUT2D eigenvalue weighted by molar-refractivity contribution is 0.439. The quantitative estimate of drug-likeness (QED) is 0.351. The van der Waals surface area contributed by atoms with Crippen molar-refractivity contribution >= 4 is 0 Å². The summed E-state index contributed by atoms with van der Waals surface area (Å²) in [5.74, 6) is 6.71. The Kier molecular flexibility index (Phi) is 9.24. The fraction of sp³-hybridized carbons (Fsp3) is 0.867. The molecule has 0 aromatic carbocycles. The molecule has 0 aliphatic heterocycles. The largest absolute Gasteiger partial charge is 0.271 e. The molecule has 0 saturated heterocycles. The standard InChI is InChI=1S/C15H31N5/c1-3-5-6-7-8-9-10-14(19-16)12-15-17-13-18-20(15)11-4-2/h13-14,19H,3-12,16H2,1-2H3. The van der Waals surface area contributed by atoms with Gasteiger partial charge in [-0.05, 0) is 12.8 Å². The molecule has 1 heterocycles. The van der Waals surface area contributed by atoms with E-state index >= 15 is 0 Å². The predicted octanol–water partition coefficient (Wildman–Crippen LogP) is 2.81. The zero-order chi connectivity index (χ0) is 14.6. The normalized spacial score (nSPS) is 12.8. The highest BCUT2D eigenvalue weighted by atomic mass is 15.3.